The second kappa shape index (κ2) is 10.8. The minimum Gasteiger partial charge on any atom is -0.508 e. The van der Waals surface area contributed by atoms with Crippen LogP contribution in [0.3, 0.4) is 0 Å². The number of hydrogen-bond acceptors (Lipinski definition) is 11. The number of ether oxygens (including phenoxy) is 4. The van der Waals surface area contributed by atoms with Gasteiger partial charge in [0.15, 0.2) is 6.10 Å². The van der Waals surface area contributed by atoms with E-state index in [9.17, 15) is 40.2 Å². The fourth-order valence-electron chi connectivity index (χ4n) is 5.04. The lowest BCUT2D eigenvalue weighted by Crippen LogP contribution is -2.61. The molecule has 1 aromatic rings. The number of hydrogen-bond donors (Lipinski definition) is 6. The number of aliphatic carboxylic acids is 1. The van der Waals surface area contributed by atoms with Crippen LogP contribution >= 0.6 is 0 Å². The predicted molar refractivity (Wildman–Crippen MR) is 123 cm³/mol. The highest BCUT2D eigenvalue weighted by Crippen LogP contribution is 2.49. The number of carboxylic acids is 1. The second-order valence-corrected chi connectivity index (χ2v) is 9.58. The van der Waals surface area contributed by atoms with Gasteiger partial charge >= 0.3 is 11.9 Å². The Bertz CT molecular complexity index is 1050. The van der Waals surface area contributed by atoms with Crippen LogP contribution in [0.4, 0.5) is 0 Å². The van der Waals surface area contributed by atoms with E-state index in [4.69, 9.17) is 18.9 Å². The number of phenols is 1. The van der Waals surface area contributed by atoms with Crippen molar-refractivity contribution in [2.45, 2.75) is 62.4 Å². The molecule has 3 aliphatic rings. The Morgan fingerprint density at radius 2 is 1.86 bits per heavy atom. The molecule has 0 unspecified atom stereocenters. The first kappa shape index (κ1) is 27.0. The molecule has 1 aliphatic carbocycles. The van der Waals surface area contributed by atoms with Gasteiger partial charge in [-0.3, -0.25) is 0 Å². The average Bonchev–Trinajstić information content (AvgIpc) is 3.18. The third-order valence-electron chi connectivity index (χ3n) is 7.03. The van der Waals surface area contributed by atoms with E-state index in [1.165, 1.54) is 25.1 Å². The number of aromatic hydroxyl groups is 1. The summed E-state index contributed by atoms with van der Waals surface area (Å²) in [6.07, 6.45) is -4.80. The maximum absolute atomic E-state index is 12.5. The summed E-state index contributed by atoms with van der Waals surface area (Å²) in [6, 6.07) is 5.97. The SMILES string of the molecule is C[C@]1(O)CC[C@@H]2C(C(=O)O)=CO[C@@H](O[C@H]3O[C@@H](CO)[C@H](O)[C@@H](O)[C@@H]3OC(=O)/C=C/c3ccc(O)cc3)[C@@H]21. The van der Waals surface area contributed by atoms with Crippen LogP contribution in [0.2, 0.25) is 0 Å². The zero-order chi connectivity index (χ0) is 26.9. The van der Waals surface area contributed by atoms with Crippen LogP contribution in [-0.2, 0) is 28.5 Å². The number of phenolic OH excluding ortho intramolecular Hbond substituents is 1. The van der Waals surface area contributed by atoms with E-state index in [1.807, 2.05) is 0 Å². The zero-order valence-electron chi connectivity index (χ0n) is 19.9. The minimum atomic E-state index is -1.71. The predicted octanol–water partition coefficient (Wildman–Crippen LogP) is -0.125. The van der Waals surface area contributed by atoms with E-state index < -0.39 is 73.0 Å². The lowest BCUT2D eigenvalue weighted by Gasteiger charge is -2.44. The summed E-state index contributed by atoms with van der Waals surface area (Å²) in [5.41, 5.74) is -0.792. The molecule has 202 valence electrons. The molecule has 12 heteroatoms. The van der Waals surface area contributed by atoms with Crippen LogP contribution in [0.15, 0.2) is 42.2 Å². The molecular weight excluding hydrogens is 492 g/mol. The van der Waals surface area contributed by atoms with Gasteiger partial charge in [0.25, 0.3) is 0 Å². The van der Waals surface area contributed by atoms with Crippen LogP contribution in [0, 0.1) is 11.8 Å². The molecule has 0 amide bonds. The highest BCUT2D eigenvalue weighted by atomic mass is 16.8. The van der Waals surface area contributed by atoms with E-state index in [1.54, 1.807) is 12.1 Å². The quantitative estimate of drug-likeness (QED) is 0.206. The van der Waals surface area contributed by atoms with Gasteiger partial charge in [0, 0.05) is 12.0 Å². The molecule has 1 aromatic carbocycles. The Morgan fingerprint density at radius 1 is 1.16 bits per heavy atom. The van der Waals surface area contributed by atoms with Gasteiger partial charge in [-0.15, -0.1) is 0 Å². The van der Waals surface area contributed by atoms with E-state index in [-0.39, 0.29) is 17.7 Å². The summed E-state index contributed by atoms with van der Waals surface area (Å²) < 4.78 is 22.3. The summed E-state index contributed by atoms with van der Waals surface area (Å²) in [7, 11) is 0. The van der Waals surface area contributed by atoms with Gasteiger partial charge in [-0.1, -0.05) is 12.1 Å². The molecule has 2 fully saturated rings. The van der Waals surface area contributed by atoms with Crippen molar-refractivity contribution in [2.24, 2.45) is 11.8 Å². The molecule has 0 aromatic heterocycles. The van der Waals surface area contributed by atoms with Gasteiger partial charge in [0.05, 0.1) is 30.0 Å². The first-order valence-electron chi connectivity index (χ1n) is 11.8. The Morgan fingerprint density at radius 3 is 2.51 bits per heavy atom. The lowest BCUT2D eigenvalue weighted by atomic mass is 9.81. The Kier molecular flexibility index (Phi) is 7.88. The van der Waals surface area contributed by atoms with Crippen molar-refractivity contribution in [3.63, 3.8) is 0 Å². The first-order chi connectivity index (χ1) is 17.5. The number of aliphatic hydroxyl groups is 4. The van der Waals surface area contributed by atoms with Crippen molar-refractivity contribution < 1.29 is 59.2 Å². The highest BCUT2D eigenvalue weighted by Gasteiger charge is 2.56. The smallest absolute Gasteiger partial charge is 0.334 e. The number of carbonyl (C=O) groups is 2. The number of benzene rings is 1. The highest BCUT2D eigenvalue weighted by molar-refractivity contribution is 5.87. The van der Waals surface area contributed by atoms with Crippen LogP contribution in [0.5, 0.6) is 5.75 Å². The second-order valence-electron chi connectivity index (χ2n) is 9.58. The Balaban J connectivity index is 1.55. The minimum absolute atomic E-state index is 0.0155. The molecule has 6 N–H and O–H groups in total. The van der Waals surface area contributed by atoms with E-state index in [0.29, 0.717) is 12.0 Å². The van der Waals surface area contributed by atoms with Crippen LogP contribution in [-0.4, -0.2) is 91.8 Å². The van der Waals surface area contributed by atoms with Crippen molar-refractivity contribution >= 4 is 18.0 Å². The zero-order valence-corrected chi connectivity index (χ0v) is 19.9. The summed E-state index contributed by atoms with van der Waals surface area (Å²) in [5.74, 6) is -3.46. The normalized spacial score (nSPS) is 37.5. The molecule has 2 heterocycles. The standard InChI is InChI=1S/C25H30O12/c1-25(33)9-8-14-15(22(31)32)11-34-23(18(14)25)37-24-21(20(30)19(29)16(10-26)35-24)36-17(28)7-4-12-2-5-13(27)6-3-12/h2-7,11,14,16,18-21,23-24,26-27,29-30,33H,8-10H2,1H3,(H,31,32)/b7-4+/t14-,16+,18-,19+,20-,21+,23+,24-,25+/m1/s1. The van der Waals surface area contributed by atoms with Crippen molar-refractivity contribution in [2.75, 3.05) is 6.61 Å². The largest absolute Gasteiger partial charge is 0.508 e. The van der Waals surface area contributed by atoms with Crippen LogP contribution in [0.25, 0.3) is 6.08 Å². The number of esters is 1. The number of carbonyl (C=O) groups excluding carboxylic acids is 1. The van der Waals surface area contributed by atoms with Crippen molar-refractivity contribution in [1.82, 2.24) is 0 Å². The third kappa shape index (κ3) is 5.64. The Hall–Kier alpha value is -3.00. The number of aliphatic hydroxyl groups excluding tert-OH is 3. The van der Waals surface area contributed by atoms with E-state index in [2.05, 4.69) is 0 Å². The van der Waals surface area contributed by atoms with Crippen molar-refractivity contribution in [3.05, 3.63) is 47.7 Å². The van der Waals surface area contributed by atoms with Crippen molar-refractivity contribution in [3.8, 4) is 5.75 Å². The fraction of sp³-hybridized carbons (Fsp3) is 0.520. The van der Waals surface area contributed by atoms with Gasteiger partial charge in [0.1, 0.15) is 24.1 Å². The van der Waals surface area contributed by atoms with Crippen LogP contribution in [0.1, 0.15) is 25.3 Å². The van der Waals surface area contributed by atoms with Gasteiger partial charge in [-0.25, -0.2) is 9.59 Å². The topological polar surface area (TPSA) is 192 Å². The summed E-state index contributed by atoms with van der Waals surface area (Å²) in [4.78, 5) is 24.2. The summed E-state index contributed by atoms with van der Waals surface area (Å²) in [5, 5.41) is 60.4. The van der Waals surface area contributed by atoms with E-state index in [0.717, 1.165) is 12.3 Å². The van der Waals surface area contributed by atoms with Gasteiger partial charge in [0.2, 0.25) is 12.6 Å². The number of rotatable bonds is 7. The summed E-state index contributed by atoms with van der Waals surface area (Å²) >= 11 is 0. The summed E-state index contributed by atoms with van der Waals surface area (Å²) in [6.45, 7) is 0.850. The molecule has 0 spiro atoms. The van der Waals surface area contributed by atoms with Gasteiger partial charge < -0.3 is 49.6 Å². The molecule has 9 atom stereocenters. The third-order valence-corrected chi connectivity index (χ3v) is 7.03. The monoisotopic (exact) mass is 522 g/mol. The van der Waals surface area contributed by atoms with E-state index >= 15 is 0 Å². The molecule has 0 bridgehead atoms. The molecule has 4 rings (SSSR count). The molecule has 12 nitrogen and oxygen atoms in total. The van der Waals surface area contributed by atoms with Gasteiger partial charge in [-0.05, 0) is 43.5 Å². The molecule has 1 saturated carbocycles. The number of carboxylic acid groups (broad SMARTS) is 1. The average molecular weight is 523 g/mol. The Labute approximate surface area is 212 Å². The van der Waals surface area contributed by atoms with Crippen molar-refractivity contribution in [1.29, 1.82) is 0 Å². The number of fused-ring (bicyclic) bond motifs is 1. The molecule has 2 aliphatic heterocycles. The first-order valence-corrected chi connectivity index (χ1v) is 11.8. The molecule has 0 radical (unpaired) electrons. The lowest BCUT2D eigenvalue weighted by molar-refractivity contribution is -0.346. The molecule has 1 saturated heterocycles. The maximum Gasteiger partial charge on any atom is 0.334 e. The molecule has 37 heavy (non-hydrogen) atoms. The van der Waals surface area contributed by atoms with Gasteiger partial charge in [-0.2, -0.15) is 0 Å². The maximum atomic E-state index is 12.5. The fourth-order valence-corrected chi connectivity index (χ4v) is 5.04. The molecular formula is C25H30O12. The van der Waals surface area contributed by atoms with Crippen LogP contribution < -0.4 is 0 Å².